The minimum Gasteiger partial charge on any atom is -0.444 e. The van der Waals surface area contributed by atoms with Gasteiger partial charge in [-0.25, -0.2) is 4.79 Å². The second-order valence-electron chi connectivity index (χ2n) is 8.78. The molecule has 0 radical (unpaired) electrons. The molecule has 1 aromatic rings. The lowest BCUT2D eigenvalue weighted by Gasteiger charge is -2.38. The average Bonchev–Trinajstić information content (AvgIpc) is 2.67. The lowest BCUT2D eigenvalue weighted by atomic mass is 10.0. The normalized spacial score (nSPS) is 19.3. The first-order valence-electron chi connectivity index (χ1n) is 10.4. The molecule has 1 amide bonds. The van der Waals surface area contributed by atoms with Crippen molar-refractivity contribution in [3.8, 4) is 0 Å². The van der Waals surface area contributed by atoms with E-state index in [4.69, 9.17) is 9.47 Å². The topological polar surface area (TPSA) is 59.1 Å². The molecule has 0 aliphatic carbocycles. The zero-order valence-corrected chi connectivity index (χ0v) is 19.1. The molecule has 1 aromatic carbocycles. The maximum absolute atomic E-state index is 12.2. The first-order chi connectivity index (χ1) is 13.8. The van der Waals surface area contributed by atoms with E-state index in [1.165, 1.54) is 0 Å². The molecule has 0 N–H and O–H groups in total. The number of hydrogen-bond donors (Lipinski definition) is 0. The number of nitrogens with zero attached hydrogens (tertiary/aromatic N) is 2. The van der Waals surface area contributed by atoms with Crippen molar-refractivity contribution < 1.29 is 19.1 Å². The molecule has 2 heterocycles. The number of piperidine rings is 2. The number of rotatable bonds is 4. The largest absolute Gasteiger partial charge is 0.444 e. The van der Waals surface area contributed by atoms with E-state index in [0.717, 1.165) is 55.2 Å². The maximum atomic E-state index is 12.2. The maximum Gasteiger partial charge on any atom is 0.410 e. The first-order valence-corrected chi connectivity index (χ1v) is 11.2. The zero-order valence-electron chi connectivity index (χ0n) is 17.5. The predicted molar refractivity (Wildman–Crippen MR) is 117 cm³/mol. The van der Waals surface area contributed by atoms with Gasteiger partial charge in [-0.2, -0.15) is 0 Å². The third-order valence-corrected chi connectivity index (χ3v) is 6.10. The number of likely N-dealkylation sites (tertiary alicyclic amines) is 1. The Morgan fingerprint density at radius 1 is 1.07 bits per heavy atom. The lowest BCUT2D eigenvalue weighted by molar-refractivity contribution is -0.0535. The van der Waals surface area contributed by atoms with Crippen molar-refractivity contribution in [1.82, 2.24) is 4.90 Å². The molecule has 0 bridgehead atoms. The Kier molecular flexibility index (Phi) is 7.22. The average molecular weight is 467 g/mol. The number of aldehydes is 1. The van der Waals surface area contributed by atoms with Crippen LogP contribution in [0.3, 0.4) is 0 Å². The summed E-state index contributed by atoms with van der Waals surface area (Å²) in [7, 11) is 0. The number of hydrogen-bond acceptors (Lipinski definition) is 5. The van der Waals surface area contributed by atoms with Crippen molar-refractivity contribution in [3.05, 3.63) is 28.2 Å². The Morgan fingerprint density at radius 3 is 2.21 bits per heavy atom. The zero-order chi connectivity index (χ0) is 21.0. The van der Waals surface area contributed by atoms with Gasteiger partial charge in [0.1, 0.15) is 5.60 Å². The van der Waals surface area contributed by atoms with Gasteiger partial charge in [-0.15, -0.1) is 0 Å². The molecule has 7 heteroatoms. The summed E-state index contributed by atoms with van der Waals surface area (Å²) in [6.45, 7) is 8.77. The number of amides is 1. The van der Waals surface area contributed by atoms with Crippen molar-refractivity contribution in [1.29, 1.82) is 0 Å². The van der Waals surface area contributed by atoms with Gasteiger partial charge in [0.2, 0.25) is 0 Å². The van der Waals surface area contributed by atoms with Crippen LogP contribution in [-0.4, -0.2) is 61.3 Å². The van der Waals surface area contributed by atoms with Crippen LogP contribution in [0.4, 0.5) is 10.5 Å². The highest BCUT2D eigenvalue weighted by Gasteiger charge is 2.30. The molecule has 29 heavy (non-hydrogen) atoms. The molecule has 2 aliphatic heterocycles. The standard InChI is InChI=1S/C22H31BrN2O4/c1-22(2,3)29-21(27)25-13-9-17(10-14-25)28-16-7-11-24(12-8-16)20-6-4-5-19(23)18(20)15-26/h4-6,15-17H,7-14H2,1-3H3. The van der Waals surface area contributed by atoms with Crippen LogP contribution in [-0.2, 0) is 9.47 Å². The molecule has 160 valence electrons. The van der Waals surface area contributed by atoms with Crippen LogP contribution >= 0.6 is 15.9 Å². The van der Waals surface area contributed by atoms with E-state index in [2.05, 4.69) is 20.8 Å². The van der Waals surface area contributed by atoms with Crippen molar-refractivity contribution in [3.63, 3.8) is 0 Å². The van der Waals surface area contributed by atoms with Crippen LogP contribution in [0.1, 0.15) is 56.8 Å². The second-order valence-corrected chi connectivity index (χ2v) is 9.63. The van der Waals surface area contributed by atoms with E-state index in [-0.39, 0.29) is 18.3 Å². The molecule has 0 aromatic heterocycles. The smallest absolute Gasteiger partial charge is 0.410 e. The highest BCUT2D eigenvalue weighted by Crippen LogP contribution is 2.30. The van der Waals surface area contributed by atoms with Crippen LogP contribution in [0.5, 0.6) is 0 Å². The quantitative estimate of drug-likeness (QED) is 0.604. The predicted octanol–water partition coefficient (Wildman–Crippen LogP) is 4.65. The molecule has 6 nitrogen and oxygen atoms in total. The molecule has 2 fully saturated rings. The molecule has 0 unspecified atom stereocenters. The number of anilines is 1. The van der Waals surface area contributed by atoms with Crippen LogP contribution in [0.15, 0.2) is 22.7 Å². The van der Waals surface area contributed by atoms with Crippen molar-refractivity contribution in [2.75, 3.05) is 31.1 Å². The highest BCUT2D eigenvalue weighted by atomic mass is 79.9. The first kappa shape index (κ1) is 22.1. The molecule has 3 rings (SSSR count). The van der Waals surface area contributed by atoms with Crippen LogP contribution in [0, 0.1) is 0 Å². The summed E-state index contributed by atoms with van der Waals surface area (Å²) in [6.07, 6.45) is 4.69. The van der Waals surface area contributed by atoms with Crippen LogP contribution < -0.4 is 4.90 Å². The summed E-state index contributed by atoms with van der Waals surface area (Å²) in [4.78, 5) is 27.7. The third kappa shape index (κ3) is 5.95. The summed E-state index contributed by atoms with van der Waals surface area (Å²) >= 11 is 3.46. The van der Waals surface area contributed by atoms with Gasteiger partial charge in [0.15, 0.2) is 6.29 Å². The van der Waals surface area contributed by atoms with Gasteiger partial charge in [0.25, 0.3) is 0 Å². The molecule has 0 atom stereocenters. The number of ether oxygens (including phenoxy) is 2. The minimum absolute atomic E-state index is 0.196. The van der Waals surface area contributed by atoms with E-state index in [9.17, 15) is 9.59 Å². The van der Waals surface area contributed by atoms with E-state index in [1.807, 2.05) is 39.0 Å². The SMILES string of the molecule is CC(C)(C)OC(=O)N1CCC(OC2CCN(c3cccc(Br)c3C=O)CC2)CC1. The monoisotopic (exact) mass is 466 g/mol. The fourth-order valence-electron chi connectivity index (χ4n) is 3.92. The number of halogens is 1. The molecule has 2 aliphatic rings. The van der Waals surface area contributed by atoms with Crippen LogP contribution in [0.25, 0.3) is 0 Å². The van der Waals surface area contributed by atoms with E-state index in [1.54, 1.807) is 4.90 Å². The lowest BCUT2D eigenvalue weighted by Crippen LogP contribution is -2.45. The molecule has 0 saturated carbocycles. The van der Waals surface area contributed by atoms with Crippen LogP contribution in [0.2, 0.25) is 0 Å². The third-order valence-electron chi connectivity index (χ3n) is 5.41. The highest BCUT2D eigenvalue weighted by molar-refractivity contribution is 9.10. The Bertz CT molecular complexity index is 718. The summed E-state index contributed by atoms with van der Waals surface area (Å²) in [5.41, 5.74) is 1.23. The second kappa shape index (κ2) is 9.47. The Hall–Kier alpha value is -1.60. The Balaban J connectivity index is 1.45. The fraction of sp³-hybridized carbons (Fsp3) is 0.636. The van der Waals surface area contributed by atoms with Gasteiger partial charge in [-0.3, -0.25) is 4.79 Å². The number of carbonyl (C=O) groups excluding carboxylic acids is 2. The van der Waals surface area contributed by atoms with Gasteiger partial charge < -0.3 is 19.3 Å². The minimum atomic E-state index is -0.462. The van der Waals surface area contributed by atoms with Crippen molar-refractivity contribution in [2.24, 2.45) is 0 Å². The van der Waals surface area contributed by atoms with Gasteiger partial charge in [-0.05, 0) is 74.5 Å². The molecular weight excluding hydrogens is 436 g/mol. The number of carbonyl (C=O) groups is 2. The summed E-state index contributed by atoms with van der Waals surface area (Å²) in [5.74, 6) is 0. The van der Waals surface area contributed by atoms with Gasteiger partial charge in [0, 0.05) is 36.3 Å². The van der Waals surface area contributed by atoms with Gasteiger partial charge in [-0.1, -0.05) is 6.07 Å². The van der Waals surface area contributed by atoms with Gasteiger partial charge in [0.05, 0.1) is 17.8 Å². The summed E-state index contributed by atoms with van der Waals surface area (Å²) in [5, 5.41) is 0. The summed E-state index contributed by atoms with van der Waals surface area (Å²) in [6, 6.07) is 5.86. The van der Waals surface area contributed by atoms with E-state index >= 15 is 0 Å². The Morgan fingerprint density at radius 2 is 1.66 bits per heavy atom. The molecule has 0 spiro atoms. The fourth-order valence-corrected chi connectivity index (χ4v) is 4.37. The van der Waals surface area contributed by atoms with Crippen molar-refractivity contribution in [2.45, 2.75) is 64.3 Å². The molecular formula is C22H31BrN2O4. The van der Waals surface area contributed by atoms with Gasteiger partial charge >= 0.3 is 6.09 Å². The van der Waals surface area contributed by atoms with Crippen molar-refractivity contribution >= 4 is 34.0 Å². The van der Waals surface area contributed by atoms with E-state index < -0.39 is 5.60 Å². The number of benzene rings is 1. The van der Waals surface area contributed by atoms with E-state index in [0.29, 0.717) is 18.7 Å². The summed E-state index contributed by atoms with van der Waals surface area (Å²) < 4.78 is 12.6. The Labute approximate surface area is 181 Å². The molecule has 2 saturated heterocycles.